The Bertz CT molecular complexity index is 371. The van der Waals surface area contributed by atoms with Crippen molar-refractivity contribution >= 4 is 11.6 Å². The molecule has 0 saturated heterocycles. The van der Waals surface area contributed by atoms with E-state index >= 15 is 0 Å². The van der Waals surface area contributed by atoms with Gasteiger partial charge in [0.2, 0.25) is 5.91 Å². The molecule has 0 fully saturated rings. The van der Waals surface area contributed by atoms with E-state index in [1.165, 1.54) is 5.56 Å². The summed E-state index contributed by atoms with van der Waals surface area (Å²) in [5.74, 6) is 0.678. The van der Waals surface area contributed by atoms with Gasteiger partial charge in [0.1, 0.15) is 0 Å². The topological polar surface area (TPSA) is 41.1 Å². The van der Waals surface area contributed by atoms with E-state index in [0.717, 1.165) is 31.5 Å². The van der Waals surface area contributed by atoms with Crippen molar-refractivity contribution in [2.75, 3.05) is 18.4 Å². The van der Waals surface area contributed by atoms with Crippen molar-refractivity contribution in [3.8, 4) is 0 Å². The van der Waals surface area contributed by atoms with Crippen LogP contribution in [0.2, 0.25) is 0 Å². The second kappa shape index (κ2) is 8.57. The van der Waals surface area contributed by atoms with Crippen LogP contribution in [0.4, 0.5) is 5.69 Å². The molecule has 0 aromatic heterocycles. The van der Waals surface area contributed by atoms with Crippen molar-refractivity contribution < 1.29 is 4.79 Å². The minimum absolute atomic E-state index is 0.0540. The Labute approximate surface area is 116 Å². The van der Waals surface area contributed by atoms with E-state index in [0.29, 0.717) is 12.5 Å². The Morgan fingerprint density at radius 1 is 1.21 bits per heavy atom. The number of carbonyl (C=O) groups excluding carboxylic acids is 1. The van der Waals surface area contributed by atoms with Crippen molar-refractivity contribution in [1.29, 1.82) is 0 Å². The molecule has 0 aliphatic heterocycles. The lowest BCUT2D eigenvalue weighted by Crippen LogP contribution is -2.31. The van der Waals surface area contributed by atoms with Crippen LogP contribution in [0.1, 0.15) is 39.2 Å². The van der Waals surface area contributed by atoms with Crippen LogP contribution in [0, 0.1) is 5.92 Å². The van der Waals surface area contributed by atoms with E-state index in [-0.39, 0.29) is 5.91 Å². The van der Waals surface area contributed by atoms with Crippen molar-refractivity contribution in [2.45, 2.75) is 40.0 Å². The number of hydrogen-bond donors (Lipinski definition) is 2. The Kier molecular flexibility index (Phi) is 7.01. The second-order valence-corrected chi connectivity index (χ2v) is 5.33. The number of nitrogens with one attached hydrogen (secondary N) is 2. The van der Waals surface area contributed by atoms with Crippen molar-refractivity contribution in [1.82, 2.24) is 5.32 Å². The normalized spacial score (nSPS) is 10.5. The minimum Gasteiger partial charge on any atom is -0.376 e. The molecule has 0 heterocycles. The molecule has 19 heavy (non-hydrogen) atoms. The van der Waals surface area contributed by atoms with E-state index in [4.69, 9.17) is 0 Å². The van der Waals surface area contributed by atoms with Crippen LogP contribution in [-0.4, -0.2) is 19.0 Å². The van der Waals surface area contributed by atoms with Crippen LogP contribution in [-0.2, 0) is 11.2 Å². The first-order valence-corrected chi connectivity index (χ1v) is 7.21. The summed E-state index contributed by atoms with van der Waals surface area (Å²) < 4.78 is 0. The van der Waals surface area contributed by atoms with Gasteiger partial charge in [0.15, 0.2) is 0 Å². The van der Waals surface area contributed by atoms with E-state index in [9.17, 15) is 4.79 Å². The summed E-state index contributed by atoms with van der Waals surface area (Å²) >= 11 is 0. The molecule has 0 unspecified atom stereocenters. The average molecular weight is 262 g/mol. The first-order chi connectivity index (χ1) is 9.11. The van der Waals surface area contributed by atoms with E-state index in [1.807, 2.05) is 12.1 Å². The SMILES string of the molecule is CCCc1ccc(NCC(=O)NCCC(C)C)cc1. The highest BCUT2D eigenvalue weighted by atomic mass is 16.1. The fraction of sp³-hybridized carbons (Fsp3) is 0.562. The standard InChI is InChI=1S/C16H26N2O/c1-4-5-14-6-8-15(9-7-14)18-12-16(19)17-11-10-13(2)3/h6-9,13,18H,4-5,10-12H2,1-3H3,(H,17,19). The van der Waals surface area contributed by atoms with Gasteiger partial charge < -0.3 is 10.6 Å². The van der Waals surface area contributed by atoms with E-state index in [1.54, 1.807) is 0 Å². The Hall–Kier alpha value is -1.51. The van der Waals surface area contributed by atoms with Gasteiger partial charge in [0.05, 0.1) is 6.54 Å². The highest BCUT2D eigenvalue weighted by Gasteiger charge is 2.01. The molecule has 106 valence electrons. The molecule has 0 bridgehead atoms. The first kappa shape index (κ1) is 15.5. The molecule has 3 nitrogen and oxygen atoms in total. The molecule has 0 atom stereocenters. The van der Waals surface area contributed by atoms with Crippen LogP contribution < -0.4 is 10.6 Å². The third kappa shape index (κ3) is 6.85. The minimum atomic E-state index is 0.0540. The van der Waals surface area contributed by atoms with Gasteiger partial charge in [-0.1, -0.05) is 39.3 Å². The average Bonchev–Trinajstić information content (AvgIpc) is 2.38. The molecular formula is C16H26N2O. The summed E-state index contributed by atoms with van der Waals surface area (Å²) in [7, 11) is 0. The summed E-state index contributed by atoms with van der Waals surface area (Å²) in [6, 6.07) is 8.30. The van der Waals surface area contributed by atoms with Gasteiger partial charge in [-0.15, -0.1) is 0 Å². The molecule has 1 aromatic carbocycles. The Morgan fingerprint density at radius 2 is 1.89 bits per heavy atom. The molecule has 0 saturated carbocycles. The predicted octanol–water partition coefficient (Wildman–Crippen LogP) is 3.21. The monoisotopic (exact) mass is 262 g/mol. The third-order valence-corrected chi connectivity index (χ3v) is 2.99. The largest absolute Gasteiger partial charge is 0.376 e. The molecule has 3 heteroatoms. The van der Waals surface area contributed by atoms with Gasteiger partial charge in [0.25, 0.3) is 0 Å². The molecule has 1 aromatic rings. The summed E-state index contributed by atoms with van der Waals surface area (Å²) in [5, 5.41) is 6.05. The van der Waals surface area contributed by atoms with E-state index < -0.39 is 0 Å². The zero-order valence-corrected chi connectivity index (χ0v) is 12.3. The van der Waals surface area contributed by atoms with Gasteiger partial charge in [-0.05, 0) is 36.5 Å². The number of aryl methyl sites for hydroxylation is 1. The first-order valence-electron chi connectivity index (χ1n) is 7.21. The van der Waals surface area contributed by atoms with Crippen molar-refractivity contribution in [3.63, 3.8) is 0 Å². The number of amides is 1. The Balaban J connectivity index is 2.25. The van der Waals surface area contributed by atoms with Gasteiger partial charge in [-0.25, -0.2) is 0 Å². The van der Waals surface area contributed by atoms with Crippen LogP contribution in [0.25, 0.3) is 0 Å². The lowest BCUT2D eigenvalue weighted by atomic mass is 10.1. The number of benzene rings is 1. The number of anilines is 1. The zero-order chi connectivity index (χ0) is 14.1. The quantitative estimate of drug-likeness (QED) is 0.755. The summed E-state index contributed by atoms with van der Waals surface area (Å²) in [6.45, 7) is 7.58. The van der Waals surface area contributed by atoms with E-state index in [2.05, 4.69) is 43.5 Å². The highest BCUT2D eigenvalue weighted by molar-refractivity contribution is 5.80. The molecule has 0 radical (unpaired) electrons. The zero-order valence-electron chi connectivity index (χ0n) is 12.3. The molecule has 0 aliphatic carbocycles. The molecule has 1 rings (SSSR count). The fourth-order valence-corrected chi connectivity index (χ4v) is 1.82. The van der Waals surface area contributed by atoms with Gasteiger partial charge in [-0.2, -0.15) is 0 Å². The van der Waals surface area contributed by atoms with Gasteiger partial charge in [-0.3, -0.25) is 4.79 Å². The Morgan fingerprint density at radius 3 is 2.47 bits per heavy atom. The third-order valence-electron chi connectivity index (χ3n) is 2.99. The number of rotatable bonds is 8. The smallest absolute Gasteiger partial charge is 0.239 e. The molecular weight excluding hydrogens is 236 g/mol. The van der Waals surface area contributed by atoms with Gasteiger partial charge >= 0.3 is 0 Å². The molecule has 1 amide bonds. The fourth-order valence-electron chi connectivity index (χ4n) is 1.82. The molecule has 0 aliphatic rings. The maximum Gasteiger partial charge on any atom is 0.239 e. The summed E-state index contributed by atoms with van der Waals surface area (Å²) in [6.07, 6.45) is 3.29. The van der Waals surface area contributed by atoms with Gasteiger partial charge in [0, 0.05) is 12.2 Å². The maximum absolute atomic E-state index is 11.6. The van der Waals surface area contributed by atoms with Crippen molar-refractivity contribution in [3.05, 3.63) is 29.8 Å². The lowest BCUT2D eigenvalue weighted by Gasteiger charge is -2.09. The lowest BCUT2D eigenvalue weighted by molar-refractivity contribution is -0.119. The summed E-state index contributed by atoms with van der Waals surface area (Å²) in [4.78, 5) is 11.6. The second-order valence-electron chi connectivity index (χ2n) is 5.33. The van der Waals surface area contributed by atoms with Crippen molar-refractivity contribution in [2.24, 2.45) is 5.92 Å². The van der Waals surface area contributed by atoms with Crippen LogP contribution >= 0.6 is 0 Å². The van der Waals surface area contributed by atoms with Crippen LogP contribution in [0.3, 0.4) is 0 Å². The molecule has 2 N–H and O–H groups in total. The summed E-state index contributed by atoms with van der Waals surface area (Å²) in [5.41, 5.74) is 2.34. The maximum atomic E-state index is 11.6. The number of carbonyl (C=O) groups is 1. The number of hydrogen-bond acceptors (Lipinski definition) is 2. The molecule has 0 spiro atoms. The van der Waals surface area contributed by atoms with Crippen LogP contribution in [0.5, 0.6) is 0 Å². The highest BCUT2D eigenvalue weighted by Crippen LogP contribution is 2.10. The predicted molar refractivity (Wildman–Crippen MR) is 81.4 cm³/mol. The van der Waals surface area contributed by atoms with Crippen LogP contribution in [0.15, 0.2) is 24.3 Å².